The van der Waals surface area contributed by atoms with Crippen molar-refractivity contribution in [1.82, 2.24) is 24.7 Å². The third kappa shape index (κ3) is 2.10. The Morgan fingerprint density at radius 3 is 2.50 bits per heavy atom. The van der Waals surface area contributed by atoms with Crippen molar-refractivity contribution in [3.63, 3.8) is 0 Å². The van der Waals surface area contributed by atoms with E-state index in [1.807, 2.05) is 19.1 Å². The largest absolute Gasteiger partial charge is 0.354 e. The summed E-state index contributed by atoms with van der Waals surface area (Å²) >= 11 is 0. The number of rotatable bonds is 2. The molecule has 2 aromatic heterocycles. The quantitative estimate of drug-likeness (QED) is 0.827. The number of nitrogens with zero attached hydrogens (tertiary/aromatic N) is 6. The van der Waals surface area contributed by atoms with E-state index in [1.54, 1.807) is 4.52 Å². The Bertz CT molecular complexity index is 783. The first kappa shape index (κ1) is 14.2. The van der Waals surface area contributed by atoms with E-state index in [0.29, 0.717) is 23.7 Å². The van der Waals surface area contributed by atoms with Gasteiger partial charge < -0.3 is 9.80 Å². The van der Waals surface area contributed by atoms with Crippen LogP contribution in [-0.4, -0.2) is 56.8 Å². The van der Waals surface area contributed by atoms with Crippen LogP contribution in [0.1, 0.15) is 25.1 Å². The van der Waals surface area contributed by atoms with Crippen LogP contribution in [0.4, 0.5) is 5.82 Å². The van der Waals surface area contributed by atoms with E-state index in [9.17, 15) is 4.79 Å². The number of carbonyl (C=O) groups excluding carboxylic acids is 1. The van der Waals surface area contributed by atoms with Crippen LogP contribution in [0.5, 0.6) is 0 Å². The monoisotopic (exact) mass is 326 g/mol. The molecule has 4 heterocycles. The van der Waals surface area contributed by atoms with Gasteiger partial charge in [0.25, 0.3) is 0 Å². The second-order valence-corrected chi connectivity index (χ2v) is 7.50. The van der Waals surface area contributed by atoms with Crippen molar-refractivity contribution in [2.24, 2.45) is 17.8 Å². The number of fused-ring (bicyclic) bond motifs is 2. The first-order valence-corrected chi connectivity index (χ1v) is 8.92. The van der Waals surface area contributed by atoms with Gasteiger partial charge in [-0.2, -0.15) is 4.52 Å². The highest BCUT2D eigenvalue weighted by atomic mass is 16.2. The molecule has 2 unspecified atom stereocenters. The summed E-state index contributed by atoms with van der Waals surface area (Å²) in [7, 11) is 0. The van der Waals surface area contributed by atoms with Crippen molar-refractivity contribution in [1.29, 1.82) is 0 Å². The molecule has 7 heteroatoms. The summed E-state index contributed by atoms with van der Waals surface area (Å²) in [5.74, 6) is 3.67. The van der Waals surface area contributed by atoms with Gasteiger partial charge in [0, 0.05) is 43.9 Å². The van der Waals surface area contributed by atoms with Gasteiger partial charge in [0.2, 0.25) is 5.91 Å². The smallest absolute Gasteiger partial charge is 0.225 e. The molecule has 1 aliphatic carbocycles. The highest BCUT2D eigenvalue weighted by molar-refractivity contribution is 5.80. The maximum Gasteiger partial charge on any atom is 0.225 e. The van der Waals surface area contributed by atoms with Gasteiger partial charge in [-0.05, 0) is 31.9 Å². The maximum atomic E-state index is 12.4. The van der Waals surface area contributed by atoms with Crippen LogP contribution in [0, 0.1) is 24.7 Å². The minimum absolute atomic E-state index is 0.320. The normalized spacial score (nSPS) is 26.9. The Balaban J connectivity index is 1.30. The molecule has 3 aliphatic rings. The molecule has 24 heavy (non-hydrogen) atoms. The van der Waals surface area contributed by atoms with Crippen molar-refractivity contribution >= 4 is 17.4 Å². The van der Waals surface area contributed by atoms with Crippen molar-refractivity contribution in [3.8, 4) is 0 Å². The molecular formula is C17H22N6O. The lowest BCUT2D eigenvalue weighted by Gasteiger charge is -2.30. The van der Waals surface area contributed by atoms with Crippen LogP contribution in [0.15, 0.2) is 12.1 Å². The van der Waals surface area contributed by atoms with Gasteiger partial charge in [-0.3, -0.25) is 4.79 Å². The number of carbonyl (C=O) groups is 1. The van der Waals surface area contributed by atoms with Gasteiger partial charge in [0.1, 0.15) is 5.82 Å². The summed E-state index contributed by atoms with van der Waals surface area (Å²) in [5.41, 5.74) is 0.785. The van der Waals surface area contributed by atoms with E-state index in [2.05, 4.69) is 25.1 Å². The van der Waals surface area contributed by atoms with Gasteiger partial charge in [0.05, 0.1) is 0 Å². The predicted octanol–water partition coefficient (Wildman–Crippen LogP) is 1.13. The molecule has 0 N–H and O–H groups in total. The molecule has 2 atom stereocenters. The average molecular weight is 326 g/mol. The molecule has 126 valence electrons. The maximum absolute atomic E-state index is 12.4. The summed E-state index contributed by atoms with van der Waals surface area (Å²) in [4.78, 5) is 16.9. The molecule has 3 fully saturated rings. The second kappa shape index (κ2) is 5.16. The molecule has 7 nitrogen and oxygen atoms in total. The van der Waals surface area contributed by atoms with E-state index >= 15 is 0 Å². The van der Waals surface area contributed by atoms with Crippen LogP contribution in [-0.2, 0) is 4.79 Å². The predicted molar refractivity (Wildman–Crippen MR) is 88.6 cm³/mol. The van der Waals surface area contributed by atoms with Gasteiger partial charge >= 0.3 is 0 Å². The van der Waals surface area contributed by atoms with Crippen molar-refractivity contribution in [2.75, 3.05) is 31.1 Å². The molecule has 2 aromatic rings. The number of aryl methyl sites for hydroxylation is 1. The number of likely N-dealkylation sites (tertiary alicyclic amines) is 1. The fourth-order valence-corrected chi connectivity index (χ4v) is 4.33. The third-order valence-electron chi connectivity index (χ3n) is 5.98. The lowest BCUT2D eigenvalue weighted by atomic mass is 9.84. The first-order chi connectivity index (χ1) is 11.7. The van der Waals surface area contributed by atoms with Crippen molar-refractivity contribution in [3.05, 3.63) is 18.0 Å². The second-order valence-electron chi connectivity index (χ2n) is 7.50. The first-order valence-electron chi connectivity index (χ1n) is 8.92. The SMILES string of the molecule is Cc1nnc2ccc(N3CC4CN(C(=O)C5CCC5)CC4C3)nn12. The fourth-order valence-electron chi connectivity index (χ4n) is 4.33. The van der Waals surface area contributed by atoms with Crippen molar-refractivity contribution in [2.45, 2.75) is 26.2 Å². The van der Waals surface area contributed by atoms with Gasteiger partial charge in [-0.15, -0.1) is 15.3 Å². The van der Waals surface area contributed by atoms with Crippen LogP contribution in [0.25, 0.3) is 5.65 Å². The van der Waals surface area contributed by atoms with E-state index in [0.717, 1.165) is 56.3 Å². The zero-order valence-electron chi connectivity index (χ0n) is 13.9. The van der Waals surface area contributed by atoms with E-state index in [4.69, 9.17) is 0 Å². The number of anilines is 1. The zero-order chi connectivity index (χ0) is 16.3. The van der Waals surface area contributed by atoms with Crippen LogP contribution in [0.3, 0.4) is 0 Å². The molecule has 5 rings (SSSR count). The number of hydrogen-bond donors (Lipinski definition) is 0. The highest BCUT2D eigenvalue weighted by Gasteiger charge is 2.43. The molecule has 0 aromatic carbocycles. The number of amides is 1. The zero-order valence-corrected chi connectivity index (χ0v) is 13.9. The highest BCUT2D eigenvalue weighted by Crippen LogP contribution is 2.36. The minimum atomic E-state index is 0.320. The molecule has 0 spiro atoms. The fraction of sp³-hybridized carbons (Fsp3) is 0.647. The summed E-state index contributed by atoms with van der Waals surface area (Å²) < 4.78 is 1.80. The summed E-state index contributed by atoms with van der Waals surface area (Å²) in [6, 6.07) is 4.00. The summed E-state index contributed by atoms with van der Waals surface area (Å²) in [5, 5.41) is 12.8. The molecule has 2 aliphatic heterocycles. The summed E-state index contributed by atoms with van der Waals surface area (Å²) in [6.45, 7) is 5.73. The minimum Gasteiger partial charge on any atom is -0.354 e. The van der Waals surface area contributed by atoms with E-state index < -0.39 is 0 Å². The molecule has 0 bridgehead atoms. The number of hydrogen-bond acceptors (Lipinski definition) is 5. The molecule has 1 saturated carbocycles. The van der Waals surface area contributed by atoms with E-state index in [1.165, 1.54) is 6.42 Å². The number of aromatic nitrogens is 4. The topological polar surface area (TPSA) is 66.6 Å². The van der Waals surface area contributed by atoms with Gasteiger partial charge in [-0.25, -0.2) is 0 Å². The Morgan fingerprint density at radius 2 is 1.83 bits per heavy atom. The lowest BCUT2D eigenvalue weighted by Crippen LogP contribution is -2.39. The Kier molecular flexibility index (Phi) is 3.05. The van der Waals surface area contributed by atoms with Crippen LogP contribution < -0.4 is 4.90 Å². The molecule has 2 saturated heterocycles. The van der Waals surface area contributed by atoms with Crippen molar-refractivity contribution < 1.29 is 4.79 Å². The lowest BCUT2D eigenvalue weighted by molar-refractivity contribution is -0.137. The average Bonchev–Trinajstić information content (AvgIpc) is 3.18. The molecular weight excluding hydrogens is 304 g/mol. The third-order valence-corrected chi connectivity index (χ3v) is 5.98. The Labute approximate surface area is 140 Å². The van der Waals surface area contributed by atoms with Gasteiger partial charge in [0.15, 0.2) is 11.5 Å². The Morgan fingerprint density at radius 1 is 1.08 bits per heavy atom. The summed E-state index contributed by atoms with van der Waals surface area (Å²) in [6.07, 6.45) is 3.42. The van der Waals surface area contributed by atoms with E-state index in [-0.39, 0.29) is 0 Å². The molecule has 1 amide bonds. The Hall–Kier alpha value is -2.18. The molecule has 0 radical (unpaired) electrons. The van der Waals surface area contributed by atoms with Crippen LogP contribution in [0.2, 0.25) is 0 Å². The van der Waals surface area contributed by atoms with Crippen LogP contribution >= 0.6 is 0 Å². The standard InChI is InChI=1S/C17H22N6O/c1-11-18-19-15-5-6-16(20-23(11)15)21-7-13-9-22(10-14(13)8-21)17(24)12-3-2-4-12/h5-6,12-14H,2-4,7-10H2,1H3. The van der Waals surface area contributed by atoms with Gasteiger partial charge in [-0.1, -0.05) is 6.42 Å².